The van der Waals surface area contributed by atoms with Gasteiger partial charge >= 0.3 is 0 Å². The molecule has 0 spiro atoms. The van der Waals surface area contributed by atoms with Crippen LogP contribution in [0.1, 0.15) is 0 Å². The first-order valence-corrected chi connectivity index (χ1v) is 4.67. The number of anilines is 2. The van der Waals surface area contributed by atoms with Gasteiger partial charge in [0.15, 0.2) is 5.82 Å². The van der Waals surface area contributed by atoms with E-state index in [1.165, 1.54) is 12.4 Å². The molecule has 2 aromatic rings. The van der Waals surface area contributed by atoms with Crippen LogP contribution in [0.4, 0.5) is 11.4 Å². The van der Waals surface area contributed by atoms with Crippen molar-refractivity contribution in [1.29, 1.82) is 0 Å². The van der Waals surface area contributed by atoms with Crippen LogP contribution in [-0.2, 0) is 0 Å². The Morgan fingerprint density at radius 1 is 1.07 bits per heavy atom. The van der Waals surface area contributed by atoms with Crippen molar-refractivity contribution in [2.75, 3.05) is 11.5 Å². The van der Waals surface area contributed by atoms with Gasteiger partial charge in [-0.05, 0) is 18.2 Å². The molecule has 1 aromatic carbocycles. The lowest BCUT2D eigenvalue weighted by molar-refractivity contribution is 1.18. The third kappa shape index (κ3) is 1.99. The second-order valence-electron chi connectivity index (χ2n) is 3.07. The van der Waals surface area contributed by atoms with Gasteiger partial charge in [0.2, 0.25) is 0 Å². The highest BCUT2D eigenvalue weighted by atomic mass is 35.5. The van der Waals surface area contributed by atoms with Gasteiger partial charge in [0.1, 0.15) is 0 Å². The van der Waals surface area contributed by atoms with Crippen LogP contribution in [0.25, 0.3) is 11.4 Å². The molecule has 4 N–H and O–H groups in total. The van der Waals surface area contributed by atoms with Gasteiger partial charge in [-0.15, -0.1) is 0 Å². The smallest absolute Gasteiger partial charge is 0.161 e. The van der Waals surface area contributed by atoms with Crippen molar-refractivity contribution in [3.63, 3.8) is 0 Å². The highest BCUT2D eigenvalue weighted by molar-refractivity contribution is 6.30. The molecule has 1 heterocycles. The summed E-state index contributed by atoms with van der Waals surface area (Å²) in [7, 11) is 0. The molecule has 0 atom stereocenters. The molecule has 0 aliphatic carbocycles. The summed E-state index contributed by atoms with van der Waals surface area (Å²) >= 11 is 5.69. The van der Waals surface area contributed by atoms with Crippen molar-refractivity contribution in [2.45, 2.75) is 0 Å². The predicted molar refractivity (Wildman–Crippen MR) is 61.3 cm³/mol. The molecule has 0 aliphatic rings. The number of aromatic nitrogens is 2. The van der Waals surface area contributed by atoms with E-state index in [1.807, 2.05) is 0 Å². The predicted octanol–water partition coefficient (Wildman–Crippen LogP) is 1.96. The first-order valence-electron chi connectivity index (χ1n) is 4.30. The minimum atomic E-state index is 0.493. The van der Waals surface area contributed by atoms with Crippen molar-refractivity contribution < 1.29 is 0 Å². The van der Waals surface area contributed by atoms with Crippen LogP contribution < -0.4 is 11.5 Å². The van der Waals surface area contributed by atoms with E-state index < -0.39 is 0 Å². The molecule has 4 nitrogen and oxygen atoms in total. The molecule has 0 bridgehead atoms. The van der Waals surface area contributed by atoms with Gasteiger partial charge in [-0.1, -0.05) is 11.6 Å². The normalized spacial score (nSPS) is 10.2. The third-order valence-electron chi connectivity index (χ3n) is 1.94. The fourth-order valence-electron chi connectivity index (χ4n) is 1.24. The molecule has 2 rings (SSSR count). The Morgan fingerprint density at radius 2 is 1.73 bits per heavy atom. The molecule has 0 aliphatic heterocycles. The molecule has 0 fully saturated rings. The topological polar surface area (TPSA) is 77.8 Å². The zero-order valence-electron chi connectivity index (χ0n) is 7.81. The summed E-state index contributed by atoms with van der Waals surface area (Å²) in [6, 6.07) is 5.21. The van der Waals surface area contributed by atoms with E-state index in [-0.39, 0.29) is 0 Å². The van der Waals surface area contributed by atoms with Gasteiger partial charge in [-0.3, -0.25) is 0 Å². The maximum Gasteiger partial charge on any atom is 0.161 e. The van der Waals surface area contributed by atoms with E-state index >= 15 is 0 Å². The van der Waals surface area contributed by atoms with Crippen LogP contribution in [0.2, 0.25) is 5.02 Å². The summed E-state index contributed by atoms with van der Waals surface area (Å²) in [5.74, 6) is 0.539. The number of nitrogen functional groups attached to an aromatic ring is 2. The largest absolute Gasteiger partial charge is 0.399 e. The molecule has 76 valence electrons. The van der Waals surface area contributed by atoms with E-state index in [0.29, 0.717) is 22.2 Å². The second kappa shape index (κ2) is 3.74. The number of rotatable bonds is 1. The zero-order valence-corrected chi connectivity index (χ0v) is 8.57. The Morgan fingerprint density at radius 3 is 2.33 bits per heavy atom. The molecule has 15 heavy (non-hydrogen) atoms. The number of nitrogens with two attached hydrogens (primary N) is 2. The summed E-state index contributed by atoms with van der Waals surface area (Å²) in [5, 5.41) is 0.493. The lowest BCUT2D eigenvalue weighted by Gasteiger charge is -2.04. The quantitative estimate of drug-likeness (QED) is 0.721. The lowest BCUT2D eigenvalue weighted by atomic mass is 10.1. The fraction of sp³-hybridized carbons (Fsp3) is 0. The van der Waals surface area contributed by atoms with Gasteiger partial charge in [0, 0.05) is 29.3 Å². The van der Waals surface area contributed by atoms with Crippen LogP contribution >= 0.6 is 11.6 Å². The molecule has 0 saturated carbocycles. The monoisotopic (exact) mass is 220 g/mol. The summed E-state index contributed by atoms with van der Waals surface area (Å²) < 4.78 is 0. The highest BCUT2D eigenvalue weighted by Gasteiger charge is 2.05. The minimum absolute atomic E-state index is 0.493. The number of nitrogens with zero attached hydrogens (tertiary/aromatic N) is 2. The van der Waals surface area contributed by atoms with Gasteiger partial charge in [-0.2, -0.15) is 0 Å². The Labute approximate surface area is 91.9 Å². The number of hydrogen-bond donors (Lipinski definition) is 2. The third-order valence-corrected chi connectivity index (χ3v) is 2.13. The summed E-state index contributed by atoms with van der Waals surface area (Å²) in [6.07, 6.45) is 3.05. The van der Waals surface area contributed by atoms with E-state index in [1.54, 1.807) is 18.2 Å². The number of benzene rings is 1. The second-order valence-corrected chi connectivity index (χ2v) is 3.51. The van der Waals surface area contributed by atoms with Crippen LogP contribution in [0.3, 0.4) is 0 Å². The molecule has 1 aromatic heterocycles. The maximum atomic E-state index is 5.80. The van der Waals surface area contributed by atoms with Crippen LogP contribution in [0.15, 0.2) is 30.6 Å². The zero-order chi connectivity index (χ0) is 10.8. The van der Waals surface area contributed by atoms with E-state index in [0.717, 1.165) is 5.56 Å². The Balaban J connectivity index is 2.49. The van der Waals surface area contributed by atoms with Gasteiger partial charge in [0.25, 0.3) is 0 Å². The molecular weight excluding hydrogens is 212 g/mol. The molecule has 5 heteroatoms. The van der Waals surface area contributed by atoms with Gasteiger partial charge < -0.3 is 11.5 Å². The fourth-order valence-corrected chi connectivity index (χ4v) is 1.33. The van der Waals surface area contributed by atoms with E-state index in [4.69, 9.17) is 23.1 Å². The van der Waals surface area contributed by atoms with Crippen molar-refractivity contribution in [2.24, 2.45) is 0 Å². The van der Waals surface area contributed by atoms with E-state index in [2.05, 4.69) is 9.97 Å². The SMILES string of the molecule is Nc1ccc(-c2ncc(Cl)cn2)c(N)c1. The van der Waals surface area contributed by atoms with Gasteiger partial charge in [0.05, 0.1) is 5.02 Å². The summed E-state index contributed by atoms with van der Waals surface area (Å²) in [6.45, 7) is 0. The van der Waals surface area contributed by atoms with Crippen LogP contribution in [-0.4, -0.2) is 9.97 Å². The van der Waals surface area contributed by atoms with Crippen molar-refractivity contribution in [3.05, 3.63) is 35.6 Å². The number of halogens is 1. The standard InChI is InChI=1S/C10H9ClN4/c11-6-4-14-10(15-5-6)8-2-1-7(12)3-9(8)13/h1-5H,12-13H2. The lowest BCUT2D eigenvalue weighted by Crippen LogP contribution is -1.96. The molecule has 0 amide bonds. The highest BCUT2D eigenvalue weighted by Crippen LogP contribution is 2.24. The van der Waals surface area contributed by atoms with Crippen LogP contribution in [0, 0.1) is 0 Å². The molecule has 0 unspecified atom stereocenters. The van der Waals surface area contributed by atoms with Crippen molar-refractivity contribution in [1.82, 2.24) is 9.97 Å². The Bertz CT molecular complexity index is 481. The first-order chi connectivity index (χ1) is 7.16. The van der Waals surface area contributed by atoms with Crippen molar-refractivity contribution in [3.8, 4) is 11.4 Å². The van der Waals surface area contributed by atoms with Crippen LogP contribution in [0.5, 0.6) is 0 Å². The first kappa shape index (κ1) is 9.73. The number of hydrogen-bond acceptors (Lipinski definition) is 4. The Kier molecular flexibility index (Phi) is 2.43. The maximum absolute atomic E-state index is 5.80. The average Bonchev–Trinajstić information content (AvgIpc) is 2.20. The van der Waals surface area contributed by atoms with Gasteiger partial charge in [-0.25, -0.2) is 9.97 Å². The Hall–Kier alpha value is -1.81. The summed E-state index contributed by atoms with van der Waals surface area (Å²) in [5.41, 5.74) is 13.3. The molecule has 0 saturated heterocycles. The molecular formula is C10H9ClN4. The van der Waals surface area contributed by atoms with Crippen molar-refractivity contribution >= 4 is 23.0 Å². The minimum Gasteiger partial charge on any atom is -0.399 e. The molecule has 0 radical (unpaired) electrons. The van der Waals surface area contributed by atoms with E-state index in [9.17, 15) is 0 Å². The summed E-state index contributed by atoms with van der Waals surface area (Å²) in [4.78, 5) is 8.15. The average molecular weight is 221 g/mol.